The number of carbonyl (C=O) groups is 1. The molecule has 1 aliphatic heterocycles. The molecule has 0 saturated carbocycles. The van der Waals surface area contributed by atoms with Gasteiger partial charge in [0.1, 0.15) is 0 Å². The maximum atomic E-state index is 12.6. The van der Waals surface area contributed by atoms with E-state index in [1.807, 2.05) is 44.0 Å². The molecule has 0 aromatic heterocycles. The lowest BCUT2D eigenvalue weighted by atomic mass is 9.93. The monoisotopic (exact) mass is 337 g/mol. The number of nitrogens with one attached hydrogen (secondary N) is 1. The summed E-state index contributed by atoms with van der Waals surface area (Å²) in [6.45, 7) is 8.28. The predicted molar refractivity (Wildman–Crippen MR) is 96.0 cm³/mol. The Balaban J connectivity index is 2.02. The number of likely N-dealkylation sites (tertiary alicyclic amines) is 1. The van der Waals surface area contributed by atoms with E-state index < -0.39 is 0 Å². The molecule has 2 amide bonds. The molecule has 5 heteroatoms. The summed E-state index contributed by atoms with van der Waals surface area (Å²) in [6, 6.07) is 6.03. The van der Waals surface area contributed by atoms with Crippen LogP contribution in [0.2, 0.25) is 5.02 Å². The normalized spacial score (nSPS) is 23.4. The number of benzene rings is 1. The van der Waals surface area contributed by atoms with Crippen LogP contribution in [-0.2, 0) is 0 Å². The van der Waals surface area contributed by atoms with Crippen LogP contribution in [0.25, 0.3) is 0 Å². The van der Waals surface area contributed by atoms with E-state index in [4.69, 9.17) is 11.6 Å². The summed E-state index contributed by atoms with van der Waals surface area (Å²) >= 11 is 6.18. The molecule has 4 nitrogen and oxygen atoms in total. The van der Waals surface area contributed by atoms with Gasteiger partial charge in [0.15, 0.2) is 0 Å². The largest absolute Gasteiger partial charge is 0.331 e. The standard InChI is InChI=1S/C18H28ClN3O/c1-12-11-21(4)10-9-17(12)22(5)18(23)20-14(3)15-7-6-8-16(19)13(15)2/h6-8,12,14,17H,9-11H2,1-5H3,(H,20,23). The van der Waals surface area contributed by atoms with Crippen molar-refractivity contribution in [3.8, 4) is 0 Å². The van der Waals surface area contributed by atoms with Gasteiger partial charge in [-0.1, -0.05) is 30.7 Å². The fourth-order valence-corrected chi connectivity index (χ4v) is 3.71. The van der Waals surface area contributed by atoms with E-state index in [2.05, 4.69) is 24.2 Å². The maximum Gasteiger partial charge on any atom is 0.317 e. The predicted octanol–water partition coefficient (Wildman–Crippen LogP) is 3.69. The van der Waals surface area contributed by atoms with Crippen LogP contribution in [0.4, 0.5) is 4.79 Å². The maximum absolute atomic E-state index is 12.6. The van der Waals surface area contributed by atoms with Gasteiger partial charge in [-0.05, 0) is 57.0 Å². The molecular weight excluding hydrogens is 310 g/mol. The van der Waals surface area contributed by atoms with Crippen LogP contribution in [0, 0.1) is 12.8 Å². The average molecular weight is 338 g/mol. The Morgan fingerprint density at radius 1 is 1.48 bits per heavy atom. The summed E-state index contributed by atoms with van der Waals surface area (Å²) < 4.78 is 0. The molecule has 2 rings (SSSR count). The molecule has 0 bridgehead atoms. The second-order valence-electron chi connectivity index (χ2n) is 6.83. The van der Waals surface area contributed by atoms with Gasteiger partial charge < -0.3 is 15.1 Å². The molecule has 0 aliphatic carbocycles. The molecule has 1 heterocycles. The van der Waals surface area contributed by atoms with Gasteiger partial charge in [0.2, 0.25) is 0 Å². The highest BCUT2D eigenvalue weighted by molar-refractivity contribution is 6.31. The van der Waals surface area contributed by atoms with Gasteiger partial charge in [-0.2, -0.15) is 0 Å². The zero-order chi connectivity index (χ0) is 17.1. The third-order valence-electron chi connectivity index (χ3n) is 5.00. The first kappa shape index (κ1) is 18.1. The highest BCUT2D eigenvalue weighted by Gasteiger charge is 2.30. The van der Waals surface area contributed by atoms with E-state index in [0.717, 1.165) is 35.7 Å². The van der Waals surface area contributed by atoms with Gasteiger partial charge in [0, 0.05) is 24.7 Å². The van der Waals surface area contributed by atoms with E-state index in [1.54, 1.807) is 0 Å². The number of rotatable bonds is 3. The molecule has 1 aliphatic rings. The van der Waals surface area contributed by atoms with Crippen LogP contribution in [-0.4, -0.2) is 49.1 Å². The summed E-state index contributed by atoms with van der Waals surface area (Å²) in [5, 5.41) is 3.84. The second kappa shape index (κ2) is 7.54. The lowest BCUT2D eigenvalue weighted by Crippen LogP contribution is -2.52. The van der Waals surface area contributed by atoms with E-state index in [0.29, 0.717) is 12.0 Å². The number of urea groups is 1. The van der Waals surface area contributed by atoms with Gasteiger partial charge in [0.25, 0.3) is 0 Å². The highest BCUT2D eigenvalue weighted by Crippen LogP contribution is 2.25. The van der Waals surface area contributed by atoms with E-state index in [1.165, 1.54) is 0 Å². The second-order valence-corrected chi connectivity index (χ2v) is 7.24. The number of carbonyl (C=O) groups excluding carboxylic acids is 1. The molecule has 0 radical (unpaired) electrons. The molecule has 3 atom stereocenters. The van der Waals surface area contributed by atoms with Crippen LogP contribution in [0.1, 0.15) is 37.4 Å². The quantitative estimate of drug-likeness (QED) is 0.913. The van der Waals surface area contributed by atoms with Crippen LogP contribution < -0.4 is 5.32 Å². The average Bonchev–Trinajstić information content (AvgIpc) is 2.49. The SMILES string of the molecule is Cc1c(Cl)cccc1C(C)NC(=O)N(C)C1CCN(C)CC1C. The van der Waals surface area contributed by atoms with Crippen LogP contribution in [0.5, 0.6) is 0 Å². The van der Waals surface area contributed by atoms with Gasteiger partial charge in [-0.25, -0.2) is 4.79 Å². The molecule has 23 heavy (non-hydrogen) atoms. The Morgan fingerprint density at radius 2 is 2.17 bits per heavy atom. The minimum Gasteiger partial charge on any atom is -0.331 e. The van der Waals surface area contributed by atoms with Crippen molar-refractivity contribution in [2.75, 3.05) is 27.2 Å². The van der Waals surface area contributed by atoms with Crippen molar-refractivity contribution in [3.63, 3.8) is 0 Å². The number of hydrogen-bond donors (Lipinski definition) is 1. The number of halogens is 1. The first-order chi connectivity index (χ1) is 10.8. The van der Waals surface area contributed by atoms with Crippen molar-refractivity contribution < 1.29 is 4.79 Å². The molecular formula is C18H28ClN3O. The van der Waals surface area contributed by atoms with E-state index in [9.17, 15) is 4.79 Å². The molecule has 128 valence electrons. The number of amides is 2. The number of piperidine rings is 1. The lowest BCUT2D eigenvalue weighted by molar-refractivity contribution is 0.106. The molecule has 1 aromatic rings. The molecule has 1 fully saturated rings. The van der Waals surface area contributed by atoms with Crippen molar-refractivity contribution in [2.24, 2.45) is 5.92 Å². The number of nitrogens with zero attached hydrogens (tertiary/aromatic N) is 2. The third-order valence-corrected chi connectivity index (χ3v) is 5.41. The van der Waals surface area contributed by atoms with Crippen molar-refractivity contribution in [3.05, 3.63) is 34.3 Å². The van der Waals surface area contributed by atoms with Crippen molar-refractivity contribution in [1.29, 1.82) is 0 Å². The summed E-state index contributed by atoms with van der Waals surface area (Å²) in [6.07, 6.45) is 1.02. The molecule has 3 unspecified atom stereocenters. The Bertz CT molecular complexity index is 563. The van der Waals surface area contributed by atoms with E-state index >= 15 is 0 Å². The van der Waals surface area contributed by atoms with Crippen LogP contribution in [0.3, 0.4) is 0 Å². The molecule has 0 spiro atoms. The Labute approximate surface area is 144 Å². The summed E-state index contributed by atoms with van der Waals surface area (Å²) in [5.74, 6) is 0.479. The van der Waals surface area contributed by atoms with Crippen molar-refractivity contribution in [1.82, 2.24) is 15.1 Å². The molecule has 1 saturated heterocycles. The smallest absolute Gasteiger partial charge is 0.317 e. The fourth-order valence-electron chi connectivity index (χ4n) is 3.53. The first-order valence-corrected chi connectivity index (χ1v) is 8.66. The van der Waals surface area contributed by atoms with Crippen LogP contribution >= 0.6 is 11.6 Å². The zero-order valence-electron chi connectivity index (χ0n) is 14.8. The van der Waals surface area contributed by atoms with Crippen molar-refractivity contribution >= 4 is 17.6 Å². The summed E-state index contributed by atoms with van der Waals surface area (Å²) in [5.41, 5.74) is 2.09. The van der Waals surface area contributed by atoms with Crippen molar-refractivity contribution in [2.45, 2.75) is 39.3 Å². The zero-order valence-corrected chi connectivity index (χ0v) is 15.5. The van der Waals surface area contributed by atoms with Gasteiger partial charge in [-0.15, -0.1) is 0 Å². The highest BCUT2D eigenvalue weighted by atomic mass is 35.5. The third kappa shape index (κ3) is 4.18. The molecule has 1 aromatic carbocycles. The Hall–Kier alpha value is -1.26. The van der Waals surface area contributed by atoms with Gasteiger partial charge >= 0.3 is 6.03 Å². The first-order valence-electron chi connectivity index (χ1n) is 8.28. The fraction of sp³-hybridized carbons (Fsp3) is 0.611. The van der Waals surface area contributed by atoms with E-state index in [-0.39, 0.29) is 12.1 Å². The summed E-state index contributed by atoms with van der Waals surface area (Å²) in [7, 11) is 4.04. The molecule has 1 N–H and O–H groups in total. The lowest BCUT2D eigenvalue weighted by Gasteiger charge is -2.40. The number of hydrogen-bond acceptors (Lipinski definition) is 2. The van der Waals surface area contributed by atoms with Gasteiger partial charge in [0.05, 0.1) is 6.04 Å². The topological polar surface area (TPSA) is 35.6 Å². The minimum atomic E-state index is -0.0646. The summed E-state index contributed by atoms with van der Waals surface area (Å²) in [4.78, 5) is 16.8. The Morgan fingerprint density at radius 3 is 2.83 bits per heavy atom. The minimum absolute atomic E-state index is 0.0155. The Kier molecular flexibility index (Phi) is 5.93. The van der Waals surface area contributed by atoms with Gasteiger partial charge in [-0.3, -0.25) is 0 Å². The van der Waals surface area contributed by atoms with Crippen LogP contribution in [0.15, 0.2) is 18.2 Å².